The van der Waals surface area contributed by atoms with Crippen LogP contribution in [0.5, 0.6) is 0 Å². The minimum atomic E-state index is 0.476. The molecule has 0 radical (unpaired) electrons. The fraction of sp³-hybridized carbons (Fsp3) is 0.217. The Labute approximate surface area is 286 Å². The summed E-state index contributed by atoms with van der Waals surface area (Å²) >= 11 is 0. The molecule has 2 aliphatic rings. The van der Waals surface area contributed by atoms with E-state index in [1.54, 1.807) is 0 Å². The Bertz CT molecular complexity index is 2260. The van der Waals surface area contributed by atoms with Crippen molar-refractivity contribution in [3.05, 3.63) is 160 Å². The number of hydrogen-bond acceptors (Lipinski definition) is 2. The highest BCUT2D eigenvalue weighted by atomic mass is 15.2. The van der Waals surface area contributed by atoms with E-state index < -0.39 is 0 Å². The summed E-state index contributed by atoms with van der Waals surface area (Å²) in [6.45, 7) is 18.1. The molecular formula is C46H46N2. The van der Waals surface area contributed by atoms with Crippen LogP contribution in [0.3, 0.4) is 0 Å². The molecule has 2 aliphatic carbocycles. The summed E-state index contributed by atoms with van der Waals surface area (Å²) in [6.07, 6.45) is 14.8. The molecule has 0 aromatic heterocycles. The van der Waals surface area contributed by atoms with Crippen LogP contribution in [0.4, 0.5) is 17.1 Å². The molecule has 5 aromatic carbocycles. The Kier molecular flexibility index (Phi) is 8.43. The molecule has 240 valence electrons. The molecule has 7 rings (SSSR count). The Balaban J connectivity index is 1.49. The van der Waals surface area contributed by atoms with E-state index in [9.17, 15) is 0 Å². The average molecular weight is 627 g/mol. The second kappa shape index (κ2) is 12.8. The Morgan fingerprint density at radius 3 is 2.25 bits per heavy atom. The molecule has 0 spiro atoms. The zero-order chi connectivity index (χ0) is 33.5. The number of allylic oxidation sites excluding steroid dienone is 7. The standard InChI is InChI=1S/C46H46N2/c1-8-36-18-22-43-44(48(40-17-11-14-32(4)27-40)41-28-33(5)24-34(6)29-41)23-20-37-19-21-42(45(36)46(37)43)35(7)47(38-15-9-12-30(2)25-38)39-16-10-13-31(3)26-39/h8-9,11-12,14-28,34H,7,10,13,29H2,1-6H3/b36-8-. The van der Waals surface area contributed by atoms with Crippen LogP contribution in [0, 0.1) is 19.8 Å². The first-order chi connectivity index (χ1) is 23.2. The van der Waals surface area contributed by atoms with Gasteiger partial charge >= 0.3 is 0 Å². The molecule has 1 atom stereocenters. The van der Waals surface area contributed by atoms with Gasteiger partial charge in [0.15, 0.2) is 0 Å². The van der Waals surface area contributed by atoms with Crippen LogP contribution in [0.2, 0.25) is 0 Å². The van der Waals surface area contributed by atoms with Gasteiger partial charge in [0.25, 0.3) is 0 Å². The third-order valence-corrected chi connectivity index (χ3v) is 9.88. The van der Waals surface area contributed by atoms with Crippen LogP contribution in [-0.4, -0.2) is 0 Å². The van der Waals surface area contributed by atoms with Crippen LogP contribution in [0.15, 0.2) is 138 Å². The van der Waals surface area contributed by atoms with Gasteiger partial charge in [-0.3, -0.25) is 0 Å². The predicted octanol–water partition coefficient (Wildman–Crippen LogP) is 12.2. The monoisotopic (exact) mass is 626 g/mol. The van der Waals surface area contributed by atoms with Gasteiger partial charge < -0.3 is 9.80 Å². The van der Waals surface area contributed by atoms with E-state index in [-0.39, 0.29) is 0 Å². The molecule has 0 bridgehead atoms. The van der Waals surface area contributed by atoms with E-state index in [4.69, 9.17) is 6.58 Å². The van der Waals surface area contributed by atoms with Gasteiger partial charge in [-0.1, -0.05) is 97.5 Å². The lowest BCUT2D eigenvalue weighted by atomic mass is 9.90. The summed E-state index contributed by atoms with van der Waals surface area (Å²) in [7, 11) is 0. The summed E-state index contributed by atoms with van der Waals surface area (Å²) in [4.78, 5) is 4.87. The average Bonchev–Trinajstić information content (AvgIpc) is 3.06. The molecule has 0 N–H and O–H groups in total. The van der Waals surface area contributed by atoms with Crippen molar-refractivity contribution in [2.75, 3.05) is 9.80 Å². The van der Waals surface area contributed by atoms with Gasteiger partial charge in [-0.25, -0.2) is 0 Å². The highest BCUT2D eigenvalue weighted by Gasteiger charge is 2.25. The summed E-state index contributed by atoms with van der Waals surface area (Å²) < 4.78 is 0. The van der Waals surface area contributed by atoms with E-state index in [2.05, 4.69) is 167 Å². The third kappa shape index (κ3) is 5.81. The summed E-state index contributed by atoms with van der Waals surface area (Å²) in [5, 5.41) is 6.25. The van der Waals surface area contributed by atoms with Gasteiger partial charge in [0, 0.05) is 39.4 Å². The van der Waals surface area contributed by atoms with Crippen molar-refractivity contribution >= 4 is 50.4 Å². The van der Waals surface area contributed by atoms with Crippen molar-refractivity contribution in [2.45, 2.75) is 60.8 Å². The Morgan fingerprint density at radius 1 is 0.812 bits per heavy atom. The topological polar surface area (TPSA) is 6.48 Å². The van der Waals surface area contributed by atoms with Crippen molar-refractivity contribution in [3.63, 3.8) is 0 Å². The van der Waals surface area contributed by atoms with Crippen molar-refractivity contribution in [1.29, 1.82) is 0 Å². The summed E-state index contributed by atoms with van der Waals surface area (Å²) in [5.41, 5.74) is 13.4. The number of benzene rings is 5. The summed E-state index contributed by atoms with van der Waals surface area (Å²) in [6, 6.07) is 31.5. The molecule has 1 unspecified atom stereocenters. The van der Waals surface area contributed by atoms with Crippen LogP contribution in [0.25, 0.3) is 33.3 Å². The molecule has 5 aromatic rings. The minimum Gasteiger partial charge on any atom is -0.314 e. The fourth-order valence-corrected chi connectivity index (χ4v) is 7.76. The second-order valence-electron chi connectivity index (χ2n) is 13.8. The zero-order valence-corrected chi connectivity index (χ0v) is 29.3. The SMILES string of the molecule is C=C(c1ccc2ccc(N(C3=CC(C)=CC(C)C3)c3cccc(C)c3)c3cc/c(=C/C)c1c23)N(C1=CCCC(C)=C1)c1cccc(C)c1. The lowest BCUT2D eigenvalue weighted by molar-refractivity contribution is 0.689. The Hall–Kier alpha value is -5.08. The molecule has 48 heavy (non-hydrogen) atoms. The van der Waals surface area contributed by atoms with Gasteiger partial charge in [0.05, 0.1) is 5.69 Å². The zero-order valence-electron chi connectivity index (χ0n) is 29.3. The van der Waals surface area contributed by atoms with Crippen molar-refractivity contribution in [2.24, 2.45) is 5.92 Å². The van der Waals surface area contributed by atoms with E-state index in [1.165, 1.54) is 71.8 Å². The molecular weight excluding hydrogens is 581 g/mol. The number of aryl methyl sites for hydroxylation is 2. The van der Waals surface area contributed by atoms with Gasteiger partial charge in [0.1, 0.15) is 0 Å². The maximum Gasteiger partial charge on any atom is 0.0537 e. The fourth-order valence-electron chi connectivity index (χ4n) is 7.76. The molecule has 0 amide bonds. The molecule has 2 nitrogen and oxygen atoms in total. The lowest BCUT2D eigenvalue weighted by Crippen LogP contribution is -2.22. The highest BCUT2D eigenvalue weighted by Crippen LogP contribution is 2.43. The van der Waals surface area contributed by atoms with E-state index in [0.717, 1.165) is 36.2 Å². The molecule has 0 fully saturated rings. The van der Waals surface area contributed by atoms with Crippen molar-refractivity contribution < 1.29 is 0 Å². The molecule has 0 heterocycles. The first kappa shape index (κ1) is 31.5. The van der Waals surface area contributed by atoms with Crippen LogP contribution >= 0.6 is 0 Å². The molecule has 0 saturated carbocycles. The van der Waals surface area contributed by atoms with Gasteiger partial charge in [-0.15, -0.1) is 0 Å². The number of anilines is 3. The first-order valence-corrected chi connectivity index (χ1v) is 17.4. The van der Waals surface area contributed by atoms with E-state index >= 15 is 0 Å². The largest absolute Gasteiger partial charge is 0.314 e. The van der Waals surface area contributed by atoms with E-state index in [0.29, 0.717) is 5.92 Å². The molecule has 0 saturated heterocycles. The number of nitrogens with zero attached hydrogens (tertiary/aromatic N) is 2. The van der Waals surface area contributed by atoms with E-state index in [1.807, 2.05) is 0 Å². The lowest BCUT2D eigenvalue weighted by Gasteiger charge is -2.33. The van der Waals surface area contributed by atoms with Gasteiger partial charge in [-0.05, 0) is 135 Å². The van der Waals surface area contributed by atoms with Gasteiger partial charge in [-0.2, -0.15) is 0 Å². The molecule has 0 aliphatic heterocycles. The number of rotatable bonds is 7. The maximum absolute atomic E-state index is 4.85. The van der Waals surface area contributed by atoms with Crippen LogP contribution in [0.1, 0.15) is 63.6 Å². The van der Waals surface area contributed by atoms with Crippen LogP contribution in [-0.2, 0) is 0 Å². The third-order valence-electron chi connectivity index (χ3n) is 9.88. The van der Waals surface area contributed by atoms with Crippen molar-refractivity contribution in [3.8, 4) is 0 Å². The molecule has 2 heteroatoms. The normalized spacial score (nSPS) is 16.8. The quantitative estimate of drug-likeness (QED) is 0.177. The minimum absolute atomic E-state index is 0.476. The Morgan fingerprint density at radius 2 is 1.54 bits per heavy atom. The van der Waals surface area contributed by atoms with Gasteiger partial charge in [0.2, 0.25) is 0 Å². The number of hydrogen-bond donors (Lipinski definition) is 0. The predicted molar refractivity (Wildman–Crippen MR) is 210 cm³/mol. The summed E-state index contributed by atoms with van der Waals surface area (Å²) in [5.74, 6) is 0.476. The first-order valence-electron chi connectivity index (χ1n) is 17.4. The highest BCUT2D eigenvalue weighted by molar-refractivity contribution is 6.18. The smallest absolute Gasteiger partial charge is 0.0537 e. The van der Waals surface area contributed by atoms with Crippen LogP contribution < -0.4 is 15.0 Å². The maximum atomic E-state index is 4.85. The van der Waals surface area contributed by atoms with Crippen molar-refractivity contribution in [1.82, 2.24) is 0 Å². The second-order valence-corrected chi connectivity index (χ2v) is 13.8.